The molecule has 96 valence electrons. The highest BCUT2D eigenvalue weighted by molar-refractivity contribution is 5.73. The van der Waals surface area contributed by atoms with Gasteiger partial charge in [-0.25, -0.2) is 4.79 Å². The largest absolute Gasteiger partial charge is 0.431 e. The van der Waals surface area contributed by atoms with Gasteiger partial charge in [-0.1, -0.05) is 26.7 Å². The van der Waals surface area contributed by atoms with Crippen LogP contribution in [0.5, 0.6) is 0 Å². The van der Waals surface area contributed by atoms with E-state index in [-0.39, 0.29) is 6.42 Å². The molecule has 0 spiro atoms. The second-order valence-electron chi connectivity index (χ2n) is 4.03. The second-order valence-corrected chi connectivity index (χ2v) is 4.03. The molecule has 5 heteroatoms. The summed E-state index contributed by atoms with van der Waals surface area (Å²) in [5, 5.41) is 28.6. The van der Waals surface area contributed by atoms with E-state index < -0.39 is 24.0 Å². The Labute approximate surface area is 96.0 Å². The molecule has 0 heterocycles. The zero-order valence-corrected chi connectivity index (χ0v) is 10.1. The van der Waals surface area contributed by atoms with Gasteiger partial charge in [-0.2, -0.15) is 0 Å². The number of carbonyl (C=O) groups is 1. The van der Waals surface area contributed by atoms with E-state index in [9.17, 15) is 15.0 Å². The van der Waals surface area contributed by atoms with Gasteiger partial charge in [0, 0.05) is 0 Å². The Hall–Kier alpha value is -0.650. The van der Waals surface area contributed by atoms with Crippen LogP contribution in [0.3, 0.4) is 0 Å². The lowest BCUT2D eigenvalue weighted by molar-refractivity contribution is -0.223. The van der Waals surface area contributed by atoms with Crippen LogP contribution in [-0.2, 0) is 9.53 Å². The van der Waals surface area contributed by atoms with Gasteiger partial charge >= 0.3 is 5.97 Å². The van der Waals surface area contributed by atoms with Crippen LogP contribution in [-0.4, -0.2) is 39.3 Å². The van der Waals surface area contributed by atoms with Crippen LogP contribution in [0.2, 0.25) is 0 Å². The van der Waals surface area contributed by atoms with E-state index in [4.69, 9.17) is 5.11 Å². The van der Waals surface area contributed by atoms with E-state index in [2.05, 4.69) is 4.74 Å². The third-order valence-corrected chi connectivity index (χ3v) is 2.60. The minimum atomic E-state index is -1.59. The van der Waals surface area contributed by atoms with Gasteiger partial charge in [0.1, 0.15) is 11.7 Å². The fraction of sp³-hybridized carbons (Fsp3) is 0.909. The lowest BCUT2D eigenvalue weighted by atomic mass is 9.93. The van der Waals surface area contributed by atoms with Gasteiger partial charge in [0.25, 0.3) is 0 Å². The number of aliphatic hydroxyl groups excluding tert-OH is 2. The van der Waals surface area contributed by atoms with Crippen molar-refractivity contribution < 1.29 is 24.9 Å². The van der Waals surface area contributed by atoms with E-state index in [0.29, 0.717) is 6.42 Å². The molecule has 0 aromatic heterocycles. The average molecular weight is 234 g/mol. The molecule has 0 aromatic carbocycles. The Bertz CT molecular complexity index is 216. The maximum Gasteiger partial charge on any atom is 0.337 e. The van der Waals surface area contributed by atoms with Crippen LogP contribution >= 0.6 is 0 Å². The van der Waals surface area contributed by atoms with Gasteiger partial charge in [0.15, 0.2) is 0 Å². The molecule has 0 aliphatic rings. The van der Waals surface area contributed by atoms with Gasteiger partial charge in [-0.05, 0) is 19.8 Å². The monoisotopic (exact) mass is 234 g/mol. The number of hydrogen-bond donors (Lipinski definition) is 3. The SMILES string of the molecule is CCCCC(O)(CC)C(O)OC(=O)C(C)O. The number of hydrogen-bond acceptors (Lipinski definition) is 5. The van der Waals surface area contributed by atoms with Gasteiger partial charge in [0.05, 0.1) is 0 Å². The smallest absolute Gasteiger partial charge is 0.337 e. The van der Waals surface area contributed by atoms with Gasteiger partial charge in [-0.3, -0.25) is 0 Å². The first-order valence-electron chi connectivity index (χ1n) is 5.66. The highest BCUT2D eigenvalue weighted by atomic mass is 16.7. The van der Waals surface area contributed by atoms with Crippen molar-refractivity contribution in [3.8, 4) is 0 Å². The van der Waals surface area contributed by atoms with Crippen LogP contribution in [0.25, 0.3) is 0 Å². The number of aliphatic hydroxyl groups is 3. The van der Waals surface area contributed by atoms with E-state index >= 15 is 0 Å². The Balaban J connectivity index is 4.39. The Morgan fingerprint density at radius 3 is 2.31 bits per heavy atom. The molecular weight excluding hydrogens is 212 g/mol. The molecule has 3 N–H and O–H groups in total. The average Bonchev–Trinajstić information content (AvgIpc) is 2.25. The van der Waals surface area contributed by atoms with E-state index in [0.717, 1.165) is 12.8 Å². The molecule has 5 nitrogen and oxygen atoms in total. The molecule has 3 atom stereocenters. The lowest BCUT2D eigenvalue weighted by Crippen LogP contribution is -2.45. The van der Waals surface area contributed by atoms with Crippen molar-refractivity contribution in [2.75, 3.05) is 0 Å². The molecule has 0 aromatic rings. The van der Waals surface area contributed by atoms with E-state index in [1.54, 1.807) is 6.92 Å². The predicted molar refractivity (Wildman–Crippen MR) is 58.5 cm³/mol. The van der Waals surface area contributed by atoms with Crippen molar-refractivity contribution in [2.24, 2.45) is 0 Å². The van der Waals surface area contributed by atoms with Gasteiger partial charge < -0.3 is 20.1 Å². The van der Waals surface area contributed by atoms with Gasteiger partial charge in [-0.15, -0.1) is 0 Å². The third-order valence-electron chi connectivity index (χ3n) is 2.60. The Morgan fingerprint density at radius 2 is 1.94 bits per heavy atom. The maximum absolute atomic E-state index is 11.0. The summed E-state index contributed by atoms with van der Waals surface area (Å²) in [6.07, 6.45) is -0.657. The van der Waals surface area contributed by atoms with Crippen molar-refractivity contribution in [3.05, 3.63) is 0 Å². The van der Waals surface area contributed by atoms with Crippen molar-refractivity contribution in [1.29, 1.82) is 0 Å². The fourth-order valence-corrected chi connectivity index (χ4v) is 1.28. The first-order valence-corrected chi connectivity index (χ1v) is 5.66. The molecule has 16 heavy (non-hydrogen) atoms. The zero-order chi connectivity index (χ0) is 12.8. The number of rotatable bonds is 7. The molecule has 3 unspecified atom stereocenters. The minimum absolute atomic E-state index is 0.279. The molecule has 0 bridgehead atoms. The van der Waals surface area contributed by atoms with E-state index in [1.807, 2.05) is 6.92 Å². The van der Waals surface area contributed by atoms with Crippen LogP contribution < -0.4 is 0 Å². The summed E-state index contributed by atoms with van der Waals surface area (Å²) in [6.45, 7) is 4.91. The predicted octanol–water partition coefficient (Wildman–Crippen LogP) is 0.560. The molecule has 0 radical (unpaired) electrons. The van der Waals surface area contributed by atoms with Gasteiger partial charge in [0.2, 0.25) is 6.29 Å². The highest BCUT2D eigenvalue weighted by Gasteiger charge is 2.36. The third kappa shape index (κ3) is 4.47. The summed E-state index contributed by atoms with van der Waals surface area (Å²) < 4.78 is 4.58. The molecule has 0 fully saturated rings. The molecule has 0 aliphatic carbocycles. The normalized spacial score (nSPS) is 18.6. The topological polar surface area (TPSA) is 87.0 Å². The summed E-state index contributed by atoms with van der Waals surface area (Å²) in [5.41, 5.74) is -1.43. The summed E-state index contributed by atoms with van der Waals surface area (Å²) in [5.74, 6) is -0.934. The molecule has 0 saturated heterocycles. The number of carbonyl (C=O) groups excluding carboxylic acids is 1. The number of esters is 1. The second kappa shape index (κ2) is 6.83. The van der Waals surface area contributed by atoms with E-state index in [1.165, 1.54) is 6.92 Å². The van der Waals surface area contributed by atoms with Crippen LogP contribution in [0, 0.1) is 0 Å². The standard InChI is InChI=1S/C11H22O5/c1-4-6-7-11(15,5-2)10(14)16-9(13)8(3)12/h8,10,12,14-15H,4-7H2,1-3H3. The maximum atomic E-state index is 11.0. The number of ether oxygens (including phenoxy) is 1. The van der Waals surface area contributed by atoms with Crippen molar-refractivity contribution in [2.45, 2.75) is 64.4 Å². The minimum Gasteiger partial charge on any atom is -0.431 e. The summed E-state index contributed by atoms with van der Waals surface area (Å²) in [7, 11) is 0. The Kier molecular flexibility index (Phi) is 6.55. The van der Waals surface area contributed by atoms with Crippen LogP contribution in [0.1, 0.15) is 46.5 Å². The molecular formula is C11H22O5. The first-order chi connectivity index (χ1) is 7.37. The Morgan fingerprint density at radius 1 is 1.38 bits per heavy atom. The summed E-state index contributed by atoms with van der Waals surface area (Å²) in [4.78, 5) is 11.0. The first kappa shape index (κ1) is 15.3. The molecule has 0 rings (SSSR count). The zero-order valence-electron chi connectivity index (χ0n) is 10.1. The lowest BCUT2D eigenvalue weighted by Gasteiger charge is -2.31. The van der Waals surface area contributed by atoms with Crippen molar-refractivity contribution in [1.82, 2.24) is 0 Å². The molecule has 0 amide bonds. The van der Waals surface area contributed by atoms with Crippen molar-refractivity contribution in [3.63, 3.8) is 0 Å². The van der Waals surface area contributed by atoms with Crippen LogP contribution in [0.4, 0.5) is 0 Å². The summed E-state index contributed by atoms with van der Waals surface area (Å²) in [6, 6.07) is 0. The fourth-order valence-electron chi connectivity index (χ4n) is 1.28. The summed E-state index contributed by atoms with van der Waals surface area (Å²) >= 11 is 0. The highest BCUT2D eigenvalue weighted by Crippen LogP contribution is 2.23. The molecule has 0 aliphatic heterocycles. The van der Waals surface area contributed by atoms with Crippen LogP contribution in [0.15, 0.2) is 0 Å². The number of unbranched alkanes of at least 4 members (excludes halogenated alkanes) is 1. The quantitative estimate of drug-likeness (QED) is 0.442. The molecule has 0 saturated carbocycles. The van der Waals surface area contributed by atoms with Crippen molar-refractivity contribution >= 4 is 5.97 Å².